The summed E-state index contributed by atoms with van der Waals surface area (Å²) in [6.07, 6.45) is 7.27. The lowest BCUT2D eigenvalue weighted by molar-refractivity contribution is 0.0288. The first-order chi connectivity index (χ1) is 7.22. The molecule has 0 spiro atoms. The van der Waals surface area contributed by atoms with Gasteiger partial charge in [-0.05, 0) is 43.6 Å². The van der Waals surface area contributed by atoms with Crippen molar-refractivity contribution >= 4 is 0 Å². The molecule has 15 heavy (non-hydrogen) atoms. The van der Waals surface area contributed by atoms with Crippen LogP contribution in [0.2, 0.25) is 0 Å². The largest absolute Gasteiger partial charge is 0.300 e. The van der Waals surface area contributed by atoms with Crippen molar-refractivity contribution in [2.24, 2.45) is 17.8 Å². The van der Waals surface area contributed by atoms with Gasteiger partial charge < -0.3 is 4.90 Å². The van der Waals surface area contributed by atoms with Crippen LogP contribution in [0, 0.1) is 17.8 Å². The molecule has 0 aromatic rings. The van der Waals surface area contributed by atoms with Gasteiger partial charge in [0.25, 0.3) is 0 Å². The minimum Gasteiger partial charge on any atom is -0.300 e. The fourth-order valence-electron chi connectivity index (χ4n) is 3.40. The van der Waals surface area contributed by atoms with Crippen LogP contribution < -0.4 is 0 Å². The van der Waals surface area contributed by atoms with Crippen LogP contribution in [0.4, 0.5) is 0 Å². The van der Waals surface area contributed by atoms with E-state index in [0.29, 0.717) is 0 Å². The second-order valence-corrected chi connectivity index (χ2v) is 5.94. The molecule has 1 saturated heterocycles. The summed E-state index contributed by atoms with van der Waals surface area (Å²) < 4.78 is 0. The maximum absolute atomic E-state index is 2.79. The van der Waals surface area contributed by atoms with E-state index in [2.05, 4.69) is 25.7 Å². The quantitative estimate of drug-likeness (QED) is 0.687. The van der Waals surface area contributed by atoms with E-state index in [1.165, 1.54) is 45.2 Å². The van der Waals surface area contributed by atoms with Gasteiger partial charge >= 0.3 is 0 Å². The summed E-state index contributed by atoms with van der Waals surface area (Å²) in [5, 5.41) is 0. The second-order valence-electron chi connectivity index (χ2n) is 5.94. The molecule has 2 atom stereocenters. The first kappa shape index (κ1) is 11.4. The molecule has 0 radical (unpaired) electrons. The minimum atomic E-state index is 0.873. The predicted molar refractivity (Wildman–Crippen MR) is 65.9 cm³/mol. The number of piperidine rings is 1. The fourth-order valence-corrected chi connectivity index (χ4v) is 3.40. The van der Waals surface area contributed by atoms with Crippen molar-refractivity contribution in [1.82, 2.24) is 4.90 Å². The molecule has 1 aliphatic carbocycles. The van der Waals surface area contributed by atoms with E-state index in [-0.39, 0.29) is 0 Å². The van der Waals surface area contributed by atoms with Gasteiger partial charge in [0, 0.05) is 12.6 Å². The molecule has 0 N–H and O–H groups in total. The first-order valence-corrected chi connectivity index (χ1v) is 6.96. The lowest BCUT2D eigenvalue weighted by Gasteiger charge is -2.46. The van der Waals surface area contributed by atoms with Crippen LogP contribution in [0.1, 0.15) is 52.9 Å². The van der Waals surface area contributed by atoms with Gasteiger partial charge in [-0.15, -0.1) is 0 Å². The average Bonchev–Trinajstić information content (AvgIpc) is 2.15. The molecule has 2 aliphatic rings. The molecule has 88 valence electrons. The van der Waals surface area contributed by atoms with Crippen molar-refractivity contribution in [3.63, 3.8) is 0 Å². The monoisotopic (exact) mass is 209 g/mol. The molecular weight excluding hydrogens is 182 g/mol. The summed E-state index contributed by atoms with van der Waals surface area (Å²) >= 11 is 0. The minimum absolute atomic E-state index is 0.873. The molecule has 1 heterocycles. The number of hydrogen-bond acceptors (Lipinski definition) is 1. The van der Waals surface area contributed by atoms with Crippen LogP contribution in [0.15, 0.2) is 0 Å². The lowest BCUT2D eigenvalue weighted by atomic mass is 9.76. The molecule has 1 heteroatoms. The van der Waals surface area contributed by atoms with Crippen LogP contribution >= 0.6 is 0 Å². The Balaban J connectivity index is 1.92. The van der Waals surface area contributed by atoms with Crippen LogP contribution in [0.25, 0.3) is 0 Å². The van der Waals surface area contributed by atoms with Crippen molar-refractivity contribution in [3.8, 4) is 0 Å². The normalized spacial score (nSPS) is 34.4. The highest BCUT2D eigenvalue weighted by molar-refractivity contribution is 4.88. The van der Waals surface area contributed by atoms with E-state index >= 15 is 0 Å². The van der Waals surface area contributed by atoms with E-state index in [1.54, 1.807) is 0 Å². The third kappa shape index (κ3) is 2.38. The van der Waals surface area contributed by atoms with Gasteiger partial charge in [-0.1, -0.05) is 33.6 Å². The Morgan fingerprint density at radius 2 is 1.93 bits per heavy atom. The molecule has 1 saturated carbocycles. The van der Waals surface area contributed by atoms with E-state index < -0.39 is 0 Å². The number of nitrogens with zero attached hydrogens (tertiary/aromatic N) is 1. The Morgan fingerprint density at radius 1 is 1.20 bits per heavy atom. The molecule has 2 rings (SSSR count). The van der Waals surface area contributed by atoms with E-state index in [9.17, 15) is 0 Å². The topological polar surface area (TPSA) is 3.24 Å². The second kappa shape index (κ2) is 4.86. The predicted octanol–water partition coefficient (Wildman–Crippen LogP) is 3.54. The van der Waals surface area contributed by atoms with E-state index in [4.69, 9.17) is 0 Å². The Morgan fingerprint density at radius 3 is 2.40 bits per heavy atom. The zero-order chi connectivity index (χ0) is 10.8. The maximum Gasteiger partial charge on any atom is 0.00953 e. The van der Waals surface area contributed by atoms with Crippen LogP contribution in [0.5, 0.6) is 0 Å². The summed E-state index contributed by atoms with van der Waals surface area (Å²) in [6.45, 7) is 9.97. The fraction of sp³-hybridized carbons (Fsp3) is 1.00. The number of likely N-dealkylation sites (tertiary alicyclic amines) is 1. The molecule has 1 nitrogen and oxygen atoms in total. The van der Waals surface area contributed by atoms with Crippen molar-refractivity contribution < 1.29 is 0 Å². The molecule has 0 aromatic heterocycles. The number of rotatable bonds is 3. The van der Waals surface area contributed by atoms with E-state index in [1.807, 2.05) is 0 Å². The smallest absolute Gasteiger partial charge is 0.00953 e. The van der Waals surface area contributed by atoms with Crippen molar-refractivity contribution in [2.75, 3.05) is 13.1 Å². The van der Waals surface area contributed by atoms with Gasteiger partial charge in [0.2, 0.25) is 0 Å². The molecule has 0 bridgehead atoms. The zero-order valence-electron chi connectivity index (χ0n) is 10.7. The summed E-state index contributed by atoms with van der Waals surface area (Å²) in [5.41, 5.74) is 0. The summed E-state index contributed by atoms with van der Waals surface area (Å²) in [7, 11) is 0. The molecule has 2 fully saturated rings. The van der Waals surface area contributed by atoms with Crippen molar-refractivity contribution in [2.45, 2.75) is 58.9 Å². The summed E-state index contributed by atoms with van der Waals surface area (Å²) in [4.78, 5) is 2.79. The Hall–Kier alpha value is -0.0400. The van der Waals surface area contributed by atoms with Gasteiger partial charge in [-0.3, -0.25) is 0 Å². The van der Waals surface area contributed by atoms with Crippen molar-refractivity contribution in [3.05, 3.63) is 0 Å². The molecule has 0 amide bonds. The SMILES string of the molecule is CC[C@@H]1CCN(C2CCC2)C[C@@H]1C(C)C. The first-order valence-electron chi connectivity index (χ1n) is 6.96. The Bertz CT molecular complexity index is 196. The summed E-state index contributed by atoms with van der Waals surface area (Å²) in [5.74, 6) is 2.84. The van der Waals surface area contributed by atoms with Crippen LogP contribution in [-0.4, -0.2) is 24.0 Å². The average molecular weight is 209 g/mol. The third-order valence-electron chi connectivity index (χ3n) is 4.81. The van der Waals surface area contributed by atoms with Crippen molar-refractivity contribution in [1.29, 1.82) is 0 Å². The summed E-state index contributed by atoms with van der Waals surface area (Å²) in [6, 6.07) is 0.962. The van der Waals surface area contributed by atoms with Crippen LogP contribution in [-0.2, 0) is 0 Å². The van der Waals surface area contributed by atoms with Gasteiger partial charge in [-0.2, -0.15) is 0 Å². The van der Waals surface area contributed by atoms with Gasteiger partial charge in [0.15, 0.2) is 0 Å². The molecule has 0 aromatic carbocycles. The third-order valence-corrected chi connectivity index (χ3v) is 4.81. The Kier molecular flexibility index (Phi) is 3.71. The molecular formula is C14H27N. The van der Waals surface area contributed by atoms with Gasteiger partial charge in [0.1, 0.15) is 0 Å². The lowest BCUT2D eigenvalue weighted by Crippen LogP contribution is -2.49. The van der Waals surface area contributed by atoms with Gasteiger partial charge in [-0.25, -0.2) is 0 Å². The highest BCUT2D eigenvalue weighted by Gasteiger charge is 2.34. The highest BCUT2D eigenvalue weighted by Crippen LogP contribution is 2.35. The van der Waals surface area contributed by atoms with Gasteiger partial charge in [0.05, 0.1) is 0 Å². The molecule has 1 aliphatic heterocycles. The number of hydrogen-bond donors (Lipinski definition) is 0. The van der Waals surface area contributed by atoms with E-state index in [0.717, 1.165) is 23.8 Å². The maximum atomic E-state index is 2.79. The Labute approximate surface area is 95.2 Å². The zero-order valence-corrected chi connectivity index (χ0v) is 10.7. The molecule has 0 unspecified atom stereocenters. The van der Waals surface area contributed by atoms with Crippen LogP contribution in [0.3, 0.4) is 0 Å². The standard InChI is InChI=1S/C14H27N/c1-4-12-8-9-15(13-6-5-7-13)10-14(12)11(2)3/h11-14H,4-10H2,1-3H3/t12-,14-/m1/s1. The highest BCUT2D eigenvalue weighted by atomic mass is 15.2.